The summed E-state index contributed by atoms with van der Waals surface area (Å²) >= 11 is 3.44. The van der Waals surface area contributed by atoms with E-state index in [1.54, 1.807) is 26.8 Å². The third-order valence-electron chi connectivity index (χ3n) is 5.41. The molecule has 2 amide bonds. The van der Waals surface area contributed by atoms with Gasteiger partial charge in [0.15, 0.2) is 6.10 Å². The summed E-state index contributed by atoms with van der Waals surface area (Å²) in [5.41, 5.74) is -0.828. The van der Waals surface area contributed by atoms with Crippen LogP contribution in [0.25, 0.3) is 0 Å². The lowest BCUT2D eigenvalue weighted by Crippen LogP contribution is -2.50. The minimum atomic E-state index is -1.00. The molecule has 0 unspecified atom stereocenters. The van der Waals surface area contributed by atoms with E-state index in [2.05, 4.69) is 15.9 Å². The summed E-state index contributed by atoms with van der Waals surface area (Å²) in [7, 11) is 0. The number of carbonyl (C=O) groups excluding carboxylic acids is 3. The van der Waals surface area contributed by atoms with Crippen LogP contribution in [0.4, 0.5) is 4.79 Å². The van der Waals surface area contributed by atoms with Gasteiger partial charge in [-0.1, -0.05) is 13.8 Å². The van der Waals surface area contributed by atoms with Crippen molar-refractivity contribution in [1.82, 2.24) is 4.90 Å². The maximum absolute atomic E-state index is 13.4. The fourth-order valence-electron chi connectivity index (χ4n) is 4.16. The molecule has 1 N–H and O–H groups in total. The molecule has 8 nitrogen and oxygen atoms in total. The standard InChI is InChI=1S/C22H32BrNO7/c1-12(2)19-22(5,6)31-21(28)24(19)20(27)13(3)18(29-14(4)26)17-11-15(23)16(30-17)9-7-8-10-25/h11-13,18-19,25H,7-10H2,1-6H3/t13-,18-,19-/m1/s1. The van der Waals surface area contributed by atoms with Crippen molar-refractivity contribution in [3.05, 3.63) is 22.1 Å². The number of halogens is 1. The summed E-state index contributed by atoms with van der Waals surface area (Å²) in [6.07, 6.45) is 0.233. The molecule has 9 heteroatoms. The highest BCUT2D eigenvalue weighted by atomic mass is 79.9. The molecule has 0 aromatic carbocycles. The molecule has 1 aromatic rings. The maximum Gasteiger partial charge on any atom is 0.417 e. The number of aliphatic hydroxyl groups is 1. The summed E-state index contributed by atoms with van der Waals surface area (Å²) in [4.78, 5) is 38.9. The molecule has 174 valence electrons. The van der Waals surface area contributed by atoms with E-state index in [0.29, 0.717) is 28.8 Å². The van der Waals surface area contributed by atoms with Gasteiger partial charge in [0, 0.05) is 20.0 Å². The van der Waals surface area contributed by atoms with Crippen molar-refractivity contribution in [2.24, 2.45) is 11.8 Å². The lowest BCUT2D eigenvalue weighted by Gasteiger charge is -2.33. The van der Waals surface area contributed by atoms with E-state index in [-0.39, 0.29) is 12.5 Å². The topological polar surface area (TPSA) is 106 Å². The summed E-state index contributed by atoms with van der Waals surface area (Å²) in [5.74, 6) is -1.01. The number of imide groups is 1. The van der Waals surface area contributed by atoms with Gasteiger partial charge >= 0.3 is 12.1 Å². The highest BCUT2D eigenvalue weighted by molar-refractivity contribution is 9.10. The highest BCUT2D eigenvalue weighted by Crippen LogP contribution is 2.38. The molecule has 1 saturated heterocycles. The van der Waals surface area contributed by atoms with Crippen LogP contribution in [0, 0.1) is 11.8 Å². The smallest absolute Gasteiger partial charge is 0.417 e. The van der Waals surface area contributed by atoms with Crippen molar-refractivity contribution >= 4 is 33.9 Å². The molecule has 2 heterocycles. The van der Waals surface area contributed by atoms with Crippen LogP contribution >= 0.6 is 15.9 Å². The van der Waals surface area contributed by atoms with Gasteiger partial charge in [-0.15, -0.1) is 0 Å². The monoisotopic (exact) mass is 501 g/mol. The second kappa shape index (κ2) is 10.2. The SMILES string of the molecule is CC(=O)O[C@@H](c1cc(Br)c(CCCCO)o1)[C@@H](C)C(=O)N1C(=O)OC(C)(C)[C@H]1C(C)C. The lowest BCUT2D eigenvalue weighted by atomic mass is 9.88. The Balaban J connectivity index is 2.34. The molecule has 0 aliphatic carbocycles. The molecule has 0 radical (unpaired) electrons. The third-order valence-corrected chi connectivity index (χ3v) is 6.08. The third kappa shape index (κ3) is 5.68. The molecule has 1 fully saturated rings. The zero-order valence-electron chi connectivity index (χ0n) is 18.9. The average Bonchev–Trinajstić information content (AvgIpc) is 3.14. The average molecular weight is 502 g/mol. The van der Waals surface area contributed by atoms with Gasteiger partial charge < -0.3 is 19.0 Å². The molecule has 1 aliphatic rings. The summed E-state index contributed by atoms with van der Waals surface area (Å²) in [6.45, 7) is 10.4. The van der Waals surface area contributed by atoms with Gasteiger partial charge in [0.05, 0.1) is 16.4 Å². The fraction of sp³-hybridized carbons (Fsp3) is 0.682. The Kier molecular flexibility index (Phi) is 8.33. The predicted octanol–water partition coefficient (Wildman–Crippen LogP) is 4.38. The molecule has 2 rings (SSSR count). The van der Waals surface area contributed by atoms with E-state index in [4.69, 9.17) is 19.0 Å². The van der Waals surface area contributed by atoms with Gasteiger partial charge in [-0.05, 0) is 61.5 Å². The van der Waals surface area contributed by atoms with Crippen LogP contribution < -0.4 is 0 Å². The molecule has 0 saturated carbocycles. The number of furan rings is 1. The van der Waals surface area contributed by atoms with Gasteiger partial charge in [0.1, 0.15) is 17.1 Å². The summed E-state index contributed by atoms with van der Waals surface area (Å²) in [5, 5.41) is 8.98. The lowest BCUT2D eigenvalue weighted by molar-refractivity contribution is -0.155. The van der Waals surface area contributed by atoms with E-state index in [1.165, 1.54) is 6.92 Å². The fourth-order valence-corrected chi connectivity index (χ4v) is 4.66. The highest BCUT2D eigenvalue weighted by Gasteiger charge is 2.53. The van der Waals surface area contributed by atoms with Crippen molar-refractivity contribution in [3.8, 4) is 0 Å². The van der Waals surface area contributed by atoms with E-state index in [0.717, 1.165) is 11.3 Å². The van der Waals surface area contributed by atoms with E-state index >= 15 is 0 Å². The number of amides is 2. The van der Waals surface area contributed by atoms with E-state index in [9.17, 15) is 14.4 Å². The minimum absolute atomic E-state index is 0.0272. The summed E-state index contributed by atoms with van der Waals surface area (Å²) in [6, 6.07) is 1.22. The number of aryl methyl sites for hydroxylation is 1. The number of nitrogens with zero attached hydrogens (tertiary/aromatic N) is 1. The number of unbranched alkanes of at least 4 members (excludes halogenated alkanes) is 1. The number of aliphatic hydroxyl groups excluding tert-OH is 1. The second-order valence-corrected chi connectivity index (χ2v) is 9.64. The summed E-state index contributed by atoms with van der Waals surface area (Å²) < 4.78 is 17.5. The van der Waals surface area contributed by atoms with Crippen LogP contribution in [-0.4, -0.2) is 46.2 Å². The van der Waals surface area contributed by atoms with Gasteiger partial charge in [-0.25, -0.2) is 9.69 Å². The van der Waals surface area contributed by atoms with Crippen molar-refractivity contribution in [3.63, 3.8) is 0 Å². The van der Waals surface area contributed by atoms with Crippen molar-refractivity contribution in [2.45, 2.75) is 78.6 Å². The number of rotatable bonds is 9. The molecule has 31 heavy (non-hydrogen) atoms. The quantitative estimate of drug-likeness (QED) is 0.395. The van der Waals surface area contributed by atoms with Crippen molar-refractivity contribution < 1.29 is 33.4 Å². The van der Waals surface area contributed by atoms with E-state index < -0.39 is 41.6 Å². The van der Waals surface area contributed by atoms with Gasteiger partial charge in [-0.3, -0.25) is 9.59 Å². The Morgan fingerprint density at radius 2 is 1.94 bits per heavy atom. The van der Waals surface area contributed by atoms with Crippen LogP contribution in [0.1, 0.15) is 72.0 Å². The van der Waals surface area contributed by atoms with Crippen LogP contribution in [-0.2, 0) is 25.5 Å². The van der Waals surface area contributed by atoms with Gasteiger partial charge in [0.2, 0.25) is 5.91 Å². The first-order chi connectivity index (χ1) is 14.4. The second-order valence-electron chi connectivity index (χ2n) is 8.79. The van der Waals surface area contributed by atoms with Crippen LogP contribution in [0.5, 0.6) is 0 Å². The van der Waals surface area contributed by atoms with Crippen molar-refractivity contribution in [1.29, 1.82) is 0 Å². The Labute approximate surface area is 191 Å². The molecule has 1 aliphatic heterocycles. The van der Waals surface area contributed by atoms with E-state index in [1.807, 2.05) is 13.8 Å². The molecule has 1 aromatic heterocycles. The first-order valence-electron chi connectivity index (χ1n) is 10.5. The molecule has 0 bridgehead atoms. The Morgan fingerprint density at radius 1 is 1.29 bits per heavy atom. The van der Waals surface area contributed by atoms with Gasteiger partial charge in [-0.2, -0.15) is 0 Å². The van der Waals surface area contributed by atoms with Crippen molar-refractivity contribution in [2.75, 3.05) is 6.61 Å². The van der Waals surface area contributed by atoms with Crippen LogP contribution in [0.3, 0.4) is 0 Å². The van der Waals surface area contributed by atoms with Gasteiger partial charge in [0.25, 0.3) is 0 Å². The number of carbonyl (C=O) groups is 3. The van der Waals surface area contributed by atoms with Crippen LogP contribution in [0.2, 0.25) is 0 Å². The maximum atomic E-state index is 13.4. The molecule has 0 spiro atoms. The normalized spacial score (nSPS) is 20.0. The Hall–Kier alpha value is -1.87. The number of hydrogen-bond acceptors (Lipinski definition) is 7. The minimum Gasteiger partial charge on any atom is -0.461 e. The number of hydrogen-bond donors (Lipinski definition) is 1. The zero-order valence-corrected chi connectivity index (χ0v) is 20.5. The largest absolute Gasteiger partial charge is 0.461 e. The Morgan fingerprint density at radius 3 is 2.48 bits per heavy atom. The number of ether oxygens (including phenoxy) is 2. The van der Waals surface area contributed by atoms with Crippen LogP contribution in [0.15, 0.2) is 15.0 Å². The predicted molar refractivity (Wildman–Crippen MR) is 116 cm³/mol. The first-order valence-corrected chi connectivity index (χ1v) is 11.3. The number of cyclic esters (lactones) is 1. The molecular formula is C22H32BrNO7. The molecular weight excluding hydrogens is 470 g/mol. The Bertz CT molecular complexity index is 817. The molecule has 3 atom stereocenters. The first kappa shape index (κ1) is 25.4. The number of esters is 1. The zero-order chi connectivity index (χ0) is 23.5.